The number of anilines is 1. The van der Waals surface area contributed by atoms with E-state index in [1.165, 1.54) is 9.13 Å². The third-order valence-electron chi connectivity index (χ3n) is 4.52. The Balaban J connectivity index is 1.98. The minimum absolute atomic E-state index is 0.157. The Bertz CT molecular complexity index is 1120. The average molecular weight is 398 g/mol. The molecule has 0 aliphatic rings. The van der Waals surface area contributed by atoms with Crippen molar-refractivity contribution in [3.05, 3.63) is 69.4 Å². The summed E-state index contributed by atoms with van der Waals surface area (Å²) in [5, 5.41) is 3.28. The predicted molar refractivity (Wildman–Crippen MR) is 114 cm³/mol. The van der Waals surface area contributed by atoms with Gasteiger partial charge in [0.2, 0.25) is 5.91 Å². The lowest BCUT2D eigenvalue weighted by molar-refractivity contribution is -0.116. The number of carbonyl (C=O) groups excluding carboxylic acids is 1. The fraction of sp³-hybridized carbons (Fsp3) is 0.286. The largest absolute Gasteiger partial charge is 0.331 e. The van der Waals surface area contributed by atoms with Crippen LogP contribution in [0.2, 0.25) is 0 Å². The summed E-state index contributed by atoms with van der Waals surface area (Å²) >= 11 is 1.58. The van der Waals surface area contributed by atoms with Crippen molar-refractivity contribution >= 4 is 34.3 Å². The molecule has 1 amide bonds. The highest BCUT2D eigenvalue weighted by atomic mass is 32.2. The molecule has 3 aromatic rings. The number of hydrogen-bond donors (Lipinski definition) is 1. The molecule has 1 N–H and O–H groups in total. The first kappa shape index (κ1) is 19.9. The number of nitrogens with one attached hydrogen (secondary N) is 1. The van der Waals surface area contributed by atoms with Gasteiger partial charge in [0.1, 0.15) is 6.54 Å². The molecule has 7 heteroatoms. The standard InChI is InChI=1S/C21H23N3O3S/c1-3-4-12-23-20(26)17-10-5-6-11-18(17)24(21(23)27)14-19(25)22-15-8-7-9-16(13-15)28-2/h5-11,13H,3-4,12,14H2,1-2H3,(H,22,25). The number of aromatic nitrogens is 2. The van der Waals surface area contributed by atoms with E-state index < -0.39 is 5.69 Å². The molecular formula is C21H23N3O3S. The molecule has 0 bridgehead atoms. The molecule has 0 aliphatic heterocycles. The van der Waals surface area contributed by atoms with Gasteiger partial charge in [0.05, 0.1) is 10.9 Å². The van der Waals surface area contributed by atoms with Crippen LogP contribution in [0.4, 0.5) is 5.69 Å². The smallest absolute Gasteiger partial charge is 0.324 e. The number of para-hydroxylation sites is 1. The van der Waals surface area contributed by atoms with Crippen molar-refractivity contribution in [1.29, 1.82) is 0 Å². The molecule has 28 heavy (non-hydrogen) atoms. The third kappa shape index (κ3) is 4.20. The van der Waals surface area contributed by atoms with E-state index >= 15 is 0 Å². The summed E-state index contributed by atoms with van der Waals surface area (Å²) in [6.07, 6.45) is 3.55. The molecule has 146 valence electrons. The van der Waals surface area contributed by atoms with Crippen LogP contribution in [0.15, 0.2) is 63.0 Å². The summed E-state index contributed by atoms with van der Waals surface area (Å²) in [4.78, 5) is 39.3. The van der Waals surface area contributed by atoms with Gasteiger partial charge in [-0.2, -0.15) is 0 Å². The maximum Gasteiger partial charge on any atom is 0.331 e. The molecule has 6 nitrogen and oxygen atoms in total. The number of carbonyl (C=O) groups is 1. The van der Waals surface area contributed by atoms with Crippen LogP contribution >= 0.6 is 11.8 Å². The molecule has 2 aromatic carbocycles. The normalized spacial score (nSPS) is 10.9. The van der Waals surface area contributed by atoms with Gasteiger partial charge in [-0.05, 0) is 43.0 Å². The molecule has 0 aliphatic carbocycles. The van der Waals surface area contributed by atoms with Crippen LogP contribution in [0, 0.1) is 0 Å². The highest BCUT2D eigenvalue weighted by Crippen LogP contribution is 2.19. The van der Waals surface area contributed by atoms with Crippen molar-refractivity contribution in [3.63, 3.8) is 0 Å². The molecule has 3 rings (SSSR count). The van der Waals surface area contributed by atoms with E-state index in [1.807, 2.05) is 31.4 Å². The average Bonchev–Trinajstić information content (AvgIpc) is 2.71. The SMILES string of the molecule is CCCCn1c(=O)c2ccccc2n(CC(=O)Nc2cccc(SC)c2)c1=O. The maximum absolute atomic E-state index is 12.9. The summed E-state index contributed by atoms with van der Waals surface area (Å²) in [5.74, 6) is -0.314. The first-order valence-corrected chi connectivity index (χ1v) is 10.4. The van der Waals surface area contributed by atoms with E-state index in [4.69, 9.17) is 0 Å². The van der Waals surface area contributed by atoms with E-state index in [-0.39, 0.29) is 18.0 Å². The Morgan fingerprint density at radius 3 is 2.61 bits per heavy atom. The number of fused-ring (bicyclic) bond motifs is 1. The van der Waals surface area contributed by atoms with Gasteiger partial charge in [-0.3, -0.25) is 18.7 Å². The lowest BCUT2D eigenvalue weighted by atomic mass is 10.2. The number of unbranched alkanes of at least 4 members (excludes halogenated alkanes) is 1. The van der Waals surface area contributed by atoms with Crippen molar-refractivity contribution in [3.8, 4) is 0 Å². The van der Waals surface area contributed by atoms with E-state index in [0.717, 1.165) is 17.7 Å². The van der Waals surface area contributed by atoms with Gasteiger partial charge >= 0.3 is 5.69 Å². The minimum Gasteiger partial charge on any atom is -0.324 e. The highest BCUT2D eigenvalue weighted by Gasteiger charge is 2.15. The second-order valence-corrected chi connectivity index (χ2v) is 7.36. The zero-order valence-corrected chi connectivity index (χ0v) is 16.8. The quantitative estimate of drug-likeness (QED) is 0.621. The van der Waals surface area contributed by atoms with Crippen LogP contribution in [0.25, 0.3) is 10.9 Å². The maximum atomic E-state index is 12.9. The Labute approximate surface area is 167 Å². The molecule has 0 radical (unpaired) electrons. The molecule has 1 aromatic heterocycles. The molecule has 1 heterocycles. The fourth-order valence-electron chi connectivity index (χ4n) is 3.08. The molecule has 0 fully saturated rings. The molecule has 0 spiro atoms. The van der Waals surface area contributed by atoms with Crippen LogP contribution in [-0.2, 0) is 17.9 Å². The van der Waals surface area contributed by atoms with Gasteiger partial charge < -0.3 is 5.32 Å². The number of rotatable bonds is 7. The monoisotopic (exact) mass is 397 g/mol. The highest BCUT2D eigenvalue weighted by molar-refractivity contribution is 7.98. The molecule has 0 atom stereocenters. The van der Waals surface area contributed by atoms with Gasteiger partial charge in [0, 0.05) is 17.1 Å². The summed E-state index contributed by atoms with van der Waals surface area (Å²) in [6, 6.07) is 14.4. The van der Waals surface area contributed by atoms with Crippen molar-refractivity contribution in [2.45, 2.75) is 37.8 Å². The van der Waals surface area contributed by atoms with Gasteiger partial charge in [-0.15, -0.1) is 11.8 Å². The Kier molecular flexibility index (Phi) is 6.36. The van der Waals surface area contributed by atoms with E-state index in [0.29, 0.717) is 23.1 Å². The number of nitrogens with zero attached hydrogens (tertiary/aromatic N) is 2. The summed E-state index contributed by atoms with van der Waals surface area (Å²) in [6.45, 7) is 2.19. The van der Waals surface area contributed by atoms with Crippen LogP contribution in [0.5, 0.6) is 0 Å². The first-order valence-electron chi connectivity index (χ1n) is 9.21. The van der Waals surface area contributed by atoms with Crippen LogP contribution in [-0.4, -0.2) is 21.3 Å². The lowest BCUT2D eigenvalue weighted by Crippen LogP contribution is -2.41. The predicted octanol–water partition coefficient (Wildman–Crippen LogP) is 3.32. The first-order chi connectivity index (χ1) is 13.5. The van der Waals surface area contributed by atoms with Gasteiger partial charge in [-0.1, -0.05) is 31.5 Å². The van der Waals surface area contributed by atoms with E-state index in [1.54, 1.807) is 42.1 Å². The summed E-state index contributed by atoms with van der Waals surface area (Å²) < 4.78 is 2.60. The number of hydrogen-bond acceptors (Lipinski definition) is 4. The van der Waals surface area contributed by atoms with Crippen molar-refractivity contribution in [1.82, 2.24) is 9.13 Å². The zero-order chi connectivity index (χ0) is 20.1. The van der Waals surface area contributed by atoms with Gasteiger partial charge in [0.15, 0.2) is 0 Å². The summed E-state index contributed by atoms with van der Waals surface area (Å²) in [5.41, 5.74) is 0.385. The Hall–Kier alpha value is -2.80. The van der Waals surface area contributed by atoms with Gasteiger partial charge in [-0.25, -0.2) is 4.79 Å². The second kappa shape index (κ2) is 8.93. The molecular weight excluding hydrogens is 374 g/mol. The Morgan fingerprint density at radius 2 is 1.86 bits per heavy atom. The van der Waals surface area contributed by atoms with E-state index in [2.05, 4.69) is 5.32 Å². The van der Waals surface area contributed by atoms with Crippen molar-refractivity contribution in [2.24, 2.45) is 0 Å². The number of benzene rings is 2. The number of amides is 1. The second-order valence-electron chi connectivity index (χ2n) is 6.48. The van der Waals surface area contributed by atoms with E-state index in [9.17, 15) is 14.4 Å². The Morgan fingerprint density at radius 1 is 1.07 bits per heavy atom. The summed E-state index contributed by atoms with van der Waals surface area (Å²) in [7, 11) is 0. The van der Waals surface area contributed by atoms with Crippen LogP contribution < -0.4 is 16.6 Å². The topological polar surface area (TPSA) is 73.1 Å². The fourth-order valence-corrected chi connectivity index (χ4v) is 3.54. The third-order valence-corrected chi connectivity index (χ3v) is 5.25. The van der Waals surface area contributed by atoms with Crippen molar-refractivity contribution < 1.29 is 4.79 Å². The number of thioether (sulfide) groups is 1. The lowest BCUT2D eigenvalue weighted by Gasteiger charge is -2.14. The van der Waals surface area contributed by atoms with Gasteiger partial charge in [0.25, 0.3) is 5.56 Å². The van der Waals surface area contributed by atoms with Crippen LogP contribution in [0.3, 0.4) is 0 Å². The molecule has 0 saturated heterocycles. The molecule has 0 unspecified atom stereocenters. The molecule has 0 saturated carbocycles. The minimum atomic E-state index is -0.454. The van der Waals surface area contributed by atoms with Crippen molar-refractivity contribution in [2.75, 3.05) is 11.6 Å². The van der Waals surface area contributed by atoms with Crippen LogP contribution in [0.1, 0.15) is 19.8 Å². The zero-order valence-electron chi connectivity index (χ0n) is 16.0.